The van der Waals surface area contributed by atoms with Gasteiger partial charge in [-0.25, -0.2) is 0 Å². The molecule has 0 fully saturated rings. The second-order valence-electron chi connectivity index (χ2n) is 3.60. The van der Waals surface area contributed by atoms with Gasteiger partial charge in [0.05, 0.1) is 17.0 Å². The number of nitrogens with two attached hydrogens (primary N) is 1. The molecular weight excluding hydrogens is 204 g/mol. The molecule has 3 N–H and O–H groups in total. The fraction of sp³-hybridized carbons (Fsp3) is 0.545. The first-order valence-electron chi connectivity index (χ1n) is 5.50. The van der Waals surface area contributed by atoms with Crippen molar-refractivity contribution in [3.8, 4) is 0 Å². The van der Waals surface area contributed by atoms with Gasteiger partial charge >= 0.3 is 0 Å². The third-order valence-corrected chi connectivity index (χ3v) is 2.24. The maximum absolute atomic E-state index is 11.8. The molecule has 1 rings (SSSR count). The van der Waals surface area contributed by atoms with E-state index in [-0.39, 0.29) is 5.91 Å². The minimum atomic E-state index is -0.0942. The molecule has 0 spiro atoms. The monoisotopic (exact) mass is 222 g/mol. The molecule has 0 aromatic carbocycles. The number of rotatable bonds is 5. The Hall–Kier alpha value is -1.49. The van der Waals surface area contributed by atoms with Crippen molar-refractivity contribution >= 4 is 5.91 Å². The summed E-state index contributed by atoms with van der Waals surface area (Å²) in [6.07, 6.45) is 1.48. The maximum Gasteiger partial charge on any atom is 0.253 e. The van der Waals surface area contributed by atoms with Gasteiger partial charge in [-0.15, -0.1) is 0 Å². The predicted molar refractivity (Wildman–Crippen MR) is 62.2 cm³/mol. The average Bonchev–Trinajstić information content (AvgIpc) is 2.29. The Labute approximate surface area is 95.4 Å². The number of hydrogen-bond donors (Lipinski definition) is 2. The Kier molecular flexibility index (Phi) is 4.85. The molecule has 0 saturated heterocycles. The summed E-state index contributed by atoms with van der Waals surface area (Å²) in [6.45, 7) is 4.95. The number of nitrogens with zero attached hydrogens (tertiary/aromatic N) is 2. The van der Waals surface area contributed by atoms with E-state index in [0.717, 1.165) is 17.8 Å². The van der Waals surface area contributed by atoms with Crippen LogP contribution in [0.2, 0.25) is 0 Å². The van der Waals surface area contributed by atoms with Gasteiger partial charge in [-0.1, -0.05) is 6.92 Å². The van der Waals surface area contributed by atoms with Crippen LogP contribution in [-0.2, 0) is 6.42 Å². The SMILES string of the molecule is CCc1nnc(C)cc1C(=O)NCCCN. The van der Waals surface area contributed by atoms with Gasteiger partial charge in [-0.3, -0.25) is 4.79 Å². The number of carbonyl (C=O) groups excluding carboxylic acids is 1. The Morgan fingerprint density at radius 3 is 2.88 bits per heavy atom. The lowest BCUT2D eigenvalue weighted by atomic mass is 10.1. The van der Waals surface area contributed by atoms with Gasteiger partial charge in [-0.05, 0) is 32.4 Å². The van der Waals surface area contributed by atoms with Crippen LogP contribution in [0.1, 0.15) is 35.1 Å². The van der Waals surface area contributed by atoms with E-state index in [1.807, 2.05) is 13.8 Å². The lowest BCUT2D eigenvalue weighted by Crippen LogP contribution is -2.27. The van der Waals surface area contributed by atoms with E-state index in [1.54, 1.807) is 6.07 Å². The minimum absolute atomic E-state index is 0.0942. The van der Waals surface area contributed by atoms with Crippen molar-refractivity contribution < 1.29 is 4.79 Å². The van der Waals surface area contributed by atoms with Crippen LogP contribution in [0.25, 0.3) is 0 Å². The highest BCUT2D eigenvalue weighted by Gasteiger charge is 2.11. The first kappa shape index (κ1) is 12.6. The van der Waals surface area contributed by atoms with Crippen LogP contribution >= 0.6 is 0 Å². The Bertz CT molecular complexity index is 365. The van der Waals surface area contributed by atoms with Crippen LogP contribution in [0, 0.1) is 6.92 Å². The molecule has 0 aliphatic carbocycles. The van der Waals surface area contributed by atoms with Gasteiger partial charge in [0.1, 0.15) is 0 Å². The fourth-order valence-corrected chi connectivity index (χ4v) is 1.37. The van der Waals surface area contributed by atoms with Crippen molar-refractivity contribution in [1.29, 1.82) is 0 Å². The van der Waals surface area contributed by atoms with Crippen LogP contribution in [0.15, 0.2) is 6.07 Å². The third-order valence-electron chi connectivity index (χ3n) is 2.24. The second-order valence-corrected chi connectivity index (χ2v) is 3.60. The van der Waals surface area contributed by atoms with Crippen molar-refractivity contribution in [3.63, 3.8) is 0 Å². The summed E-state index contributed by atoms with van der Waals surface area (Å²) in [5.41, 5.74) is 7.46. The summed E-state index contributed by atoms with van der Waals surface area (Å²) in [4.78, 5) is 11.8. The molecule has 16 heavy (non-hydrogen) atoms. The van der Waals surface area contributed by atoms with E-state index in [4.69, 9.17) is 5.73 Å². The summed E-state index contributed by atoms with van der Waals surface area (Å²) >= 11 is 0. The lowest BCUT2D eigenvalue weighted by molar-refractivity contribution is 0.0951. The zero-order valence-electron chi connectivity index (χ0n) is 9.79. The Morgan fingerprint density at radius 1 is 1.50 bits per heavy atom. The molecule has 5 heteroatoms. The number of aromatic nitrogens is 2. The maximum atomic E-state index is 11.8. The number of hydrogen-bond acceptors (Lipinski definition) is 4. The molecule has 88 valence electrons. The van der Waals surface area contributed by atoms with Gasteiger partial charge in [-0.2, -0.15) is 10.2 Å². The van der Waals surface area contributed by atoms with E-state index < -0.39 is 0 Å². The zero-order chi connectivity index (χ0) is 12.0. The number of amides is 1. The van der Waals surface area contributed by atoms with Gasteiger partial charge in [0.2, 0.25) is 0 Å². The molecule has 1 aromatic rings. The quantitative estimate of drug-likeness (QED) is 0.708. The Balaban J connectivity index is 2.76. The highest BCUT2D eigenvalue weighted by atomic mass is 16.1. The van der Waals surface area contributed by atoms with Crippen LogP contribution in [0.3, 0.4) is 0 Å². The van der Waals surface area contributed by atoms with Crippen molar-refractivity contribution in [2.45, 2.75) is 26.7 Å². The van der Waals surface area contributed by atoms with Gasteiger partial charge in [0.15, 0.2) is 0 Å². The normalized spacial score (nSPS) is 10.2. The van der Waals surface area contributed by atoms with E-state index in [9.17, 15) is 4.79 Å². The molecule has 0 aliphatic heterocycles. The first-order chi connectivity index (χ1) is 7.69. The summed E-state index contributed by atoms with van der Waals surface area (Å²) in [7, 11) is 0. The van der Waals surface area contributed by atoms with Crippen molar-refractivity contribution in [2.75, 3.05) is 13.1 Å². The number of nitrogens with one attached hydrogen (secondary N) is 1. The van der Waals surface area contributed by atoms with Crippen LogP contribution in [-0.4, -0.2) is 29.2 Å². The first-order valence-corrected chi connectivity index (χ1v) is 5.50. The second kappa shape index (κ2) is 6.17. The summed E-state index contributed by atoms with van der Waals surface area (Å²) in [6, 6.07) is 1.77. The van der Waals surface area contributed by atoms with Crippen LogP contribution in [0.5, 0.6) is 0 Å². The zero-order valence-corrected chi connectivity index (χ0v) is 9.79. The standard InChI is InChI=1S/C11H18N4O/c1-3-10-9(7-8(2)14-15-10)11(16)13-6-4-5-12/h7H,3-6,12H2,1-2H3,(H,13,16). The highest BCUT2D eigenvalue weighted by molar-refractivity contribution is 5.95. The Morgan fingerprint density at radius 2 is 2.25 bits per heavy atom. The van der Waals surface area contributed by atoms with E-state index >= 15 is 0 Å². The molecule has 1 amide bonds. The molecule has 5 nitrogen and oxygen atoms in total. The number of carbonyl (C=O) groups is 1. The molecule has 0 radical (unpaired) electrons. The van der Waals surface area contributed by atoms with Crippen LogP contribution < -0.4 is 11.1 Å². The van der Waals surface area contributed by atoms with Crippen molar-refractivity contribution in [3.05, 3.63) is 23.0 Å². The van der Waals surface area contributed by atoms with Gasteiger partial charge < -0.3 is 11.1 Å². The van der Waals surface area contributed by atoms with Crippen molar-refractivity contribution in [1.82, 2.24) is 15.5 Å². The predicted octanol–water partition coefficient (Wildman–Crippen LogP) is 0.426. The van der Waals surface area contributed by atoms with Gasteiger partial charge in [0, 0.05) is 6.54 Å². The molecular formula is C11H18N4O. The lowest BCUT2D eigenvalue weighted by Gasteiger charge is -2.07. The summed E-state index contributed by atoms with van der Waals surface area (Å²) < 4.78 is 0. The summed E-state index contributed by atoms with van der Waals surface area (Å²) in [5, 5.41) is 10.8. The van der Waals surface area contributed by atoms with E-state index in [1.165, 1.54) is 0 Å². The van der Waals surface area contributed by atoms with Crippen LogP contribution in [0.4, 0.5) is 0 Å². The summed E-state index contributed by atoms with van der Waals surface area (Å²) in [5.74, 6) is -0.0942. The molecule has 0 atom stereocenters. The molecule has 1 heterocycles. The van der Waals surface area contributed by atoms with E-state index in [2.05, 4.69) is 15.5 Å². The largest absolute Gasteiger partial charge is 0.352 e. The fourth-order valence-electron chi connectivity index (χ4n) is 1.37. The molecule has 0 bridgehead atoms. The third kappa shape index (κ3) is 3.27. The molecule has 0 aliphatic rings. The van der Waals surface area contributed by atoms with Gasteiger partial charge in [0.25, 0.3) is 5.91 Å². The average molecular weight is 222 g/mol. The van der Waals surface area contributed by atoms with E-state index in [0.29, 0.717) is 25.1 Å². The molecule has 1 aromatic heterocycles. The topological polar surface area (TPSA) is 80.9 Å². The molecule has 0 unspecified atom stereocenters. The minimum Gasteiger partial charge on any atom is -0.352 e. The smallest absolute Gasteiger partial charge is 0.253 e. The van der Waals surface area contributed by atoms with Crippen molar-refractivity contribution in [2.24, 2.45) is 5.73 Å². The number of aryl methyl sites for hydroxylation is 2. The molecule has 0 saturated carbocycles. The highest BCUT2D eigenvalue weighted by Crippen LogP contribution is 2.07.